The van der Waals surface area contributed by atoms with Crippen LogP contribution in [-0.2, 0) is 11.2 Å². The molecule has 0 radical (unpaired) electrons. The number of likely N-dealkylation sites (tertiary alicyclic amines) is 2. The predicted octanol–water partition coefficient (Wildman–Crippen LogP) is 2.89. The van der Waals surface area contributed by atoms with E-state index in [0.717, 1.165) is 45.4 Å². The van der Waals surface area contributed by atoms with Gasteiger partial charge < -0.3 is 15.5 Å². The molecule has 0 atom stereocenters. The first-order valence-corrected chi connectivity index (χ1v) is 9.59. The molecule has 26 heavy (non-hydrogen) atoms. The van der Waals surface area contributed by atoms with Crippen molar-refractivity contribution in [3.63, 3.8) is 0 Å². The molecule has 2 heterocycles. The molecule has 1 amide bonds. The van der Waals surface area contributed by atoms with E-state index >= 15 is 0 Å². The van der Waals surface area contributed by atoms with Crippen molar-refractivity contribution in [2.45, 2.75) is 38.5 Å². The van der Waals surface area contributed by atoms with Gasteiger partial charge in [-0.25, -0.2) is 4.99 Å². The van der Waals surface area contributed by atoms with Gasteiger partial charge in [-0.1, -0.05) is 30.3 Å². The van der Waals surface area contributed by atoms with Crippen LogP contribution in [0.15, 0.2) is 35.3 Å². The fourth-order valence-electron chi connectivity index (χ4n) is 3.81. The molecule has 2 aliphatic rings. The van der Waals surface area contributed by atoms with Gasteiger partial charge in [0.05, 0.1) is 0 Å². The Labute approximate surface area is 174 Å². The van der Waals surface area contributed by atoms with Crippen LogP contribution in [-0.4, -0.2) is 54.4 Å². The first-order valence-electron chi connectivity index (χ1n) is 9.59. The molecule has 0 saturated carbocycles. The van der Waals surface area contributed by atoms with Crippen molar-refractivity contribution < 1.29 is 4.79 Å². The van der Waals surface area contributed by atoms with Crippen molar-refractivity contribution in [3.05, 3.63) is 35.9 Å². The maximum atomic E-state index is 12.4. The molecule has 144 valence electrons. The van der Waals surface area contributed by atoms with E-state index in [0.29, 0.717) is 11.9 Å². The monoisotopic (exact) mass is 470 g/mol. The third-order valence-corrected chi connectivity index (χ3v) is 5.39. The second kappa shape index (κ2) is 10.7. The van der Waals surface area contributed by atoms with E-state index in [9.17, 15) is 4.79 Å². The topological polar surface area (TPSA) is 61.9 Å². The van der Waals surface area contributed by atoms with Gasteiger partial charge in [-0.05, 0) is 50.0 Å². The Morgan fingerprint density at radius 3 is 2.31 bits per heavy atom. The lowest BCUT2D eigenvalue weighted by Crippen LogP contribution is -2.43. The maximum Gasteiger partial charge on any atom is 0.244 e. The van der Waals surface area contributed by atoms with Crippen LogP contribution in [0.3, 0.4) is 0 Å². The van der Waals surface area contributed by atoms with Crippen molar-refractivity contribution in [2.75, 3.05) is 32.7 Å². The lowest BCUT2D eigenvalue weighted by atomic mass is 9.90. The minimum Gasteiger partial charge on any atom is -0.370 e. The van der Waals surface area contributed by atoms with Gasteiger partial charge in [-0.3, -0.25) is 4.79 Å². The molecule has 2 aliphatic heterocycles. The molecule has 2 N–H and O–H groups in total. The number of carbonyl (C=O) groups excluding carboxylic acids is 1. The molecule has 2 saturated heterocycles. The molecule has 0 unspecified atom stereocenters. The number of carbonyl (C=O) groups is 1. The number of benzene rings is 1. The summed E-state index contributed by atoms with van der Waals surface area (Å²) in [5.41, 5.74) is 7.43. The second-order valence-corrected chi connectivity index (χ2v) is 7.24. The molecule has 2 fully saturated rings. The van der Waals surface area contributed by atoms with Gasteiger partial charge in [0.1, 0.15) is 6.54 Å². The largest absolute Gasteiger partial charge is 0.370 e. The summed E-state index contributed by atoms with van der Waals surface area (Å²) in [6.45, 7) is 3.80. The van der Waals surface area contributed by atoms with E-state index in [2.05, 4.69) is 40.2 Å². The zero-order valence-corrected chi connectivity index (χ0v) is 17.8. The third-order valence-electron chi connectivity index (χ3n) is 5.39. The summed E-state index contributed by atoms with van der Waals surface area (Å²) in [5.74, 6) is 1.32. The molecule has 5 nitrogen and oxygen atoms in total. The Balaban J connectivity index is 0.00000243. The number of guanidine groups is 1. The van der Waals surface area contributed by atoms with Crippen molar-refractivity contribution in [2.24, 2.45) is 16.6 Å². The Kier molecular flexibility index (Phi) is 8.68. The zero-order valence-electron chi connectivity index (χ0n) is 15.5. The average molecular weight is 470 g/mol. The molecule has 0 aliphatic carbocycles. The summed E-state index contributed by atoms with van der Waals surface area (Å²) in [5, 5.41) is 0. The van der Waals surface area contributed by atoms with Gasteiger partial charge in [0.15, 0.2) is 5.96 Å². The van der Waals surface area contributed by atoms with E-state index in [-0.39, 0.29) is 36.4 Å². The van der Waals surface area contributed by atoms with Crippen molar-refractivity contribution >= 4 is 35.8 Å². The molecule has 0 aromatic heterocycles. The number of hydrogen-bond acceptors (Lipinski definition) is 2. The van der Waals surface area contributed by atoms with Crippen LogP contribution < -0.4 is 5.73 Å². The fourth-order valence-corrected chi connectivity index (χ4v) is 3.81. The molecular weight excluding hydrogens is 439 g/mol. The molecule has 6 heteroatoms. The fraction of sp³-hybridized carbons (Fsp3) is 0.600. The molecule has 0 bridgehead atoms. The molecule has 3 rings (SSSR count). The summed E-state index contributed by atoms with van der Waals surface area (Å²) < 4.78 is 0. The van der Waals surface area contributed by atoms with Crippen molar-refractivity contribution in [1.29, 1.82) is 0 Å². The molecule has 0 spiro atoms. The minimum atomic E-state index is 0. The van der Waals surface area contributed by atoms with Gasteiger partial charge in [0.2, 0.25) is 5.91 Å². The summed E-state index contributed by atoms with van der Waals surface area (Å²) in [6.07, 6.45) is 6.86. The number of piperidine rings is 2. The predicted molar refractivity (Wildman–Crippen MR) is 117 cm³/mol. The molecule has 1 aromatic carbocycles. The van der Waals surface area contributed by atoms with Gasteiger partial charge in [0, 0.05) is 26.2 Å². The zero-order chi connectivity index (χ0) is 17.5. The number of hydrogen-bond donors (Lipinski definition) is 1. The van der Waals surface area contributed by atoms with E-state index in [1.165, 1.54) is 24.8 Å². The highest BCUT2D eigenvalue weighted by atomic mass is 127. The lowest BCUT2D eigenvalue weighted by Gasteiger charge is -2.32. The van der Waals surface area contributed by atoms with Crippen LogP contribution in [0.2, 0.25) is 0 Å². The lowest BCUT2D eigenvalue weighted by molar-refractivity contribution is -0.130. The number of aliphatic imine (C=N–C) groups is 1. The van der Waals surface area contributed by atoms with Gasteiger partial charge in [-0.15, -0.1) is 24.0 Å². The summed E-state index contributed by atoms with van der Waals surface area (Å²) in [6, 6.07) is 10.6. The second-order valence-electron chi connectivity index (χ2n) is 7.24. The highest BCUT2D eigenvalue weighted by Gasteiger charge is 2.23. The number of amides is 1. The first kappa shape index (κ1) is 21.0. The Bertz CT molecular complexity index is 579. The van der Waals surface area contributed by atoms with E-state index in [1.807, 2.05) is 4.90 Å². The van der Waals surface area contributed by atoms with Crippen molar-refractivity contribution in [3.8, 4) is 0 Å². The summed E-state index contributed by atoms with van der Waals surface area (Å²) in [7, 11) is 0. The maximum absolute atomic E-state index is 12.4. The number of halogens is 1. The SMILES string of the molecule is I.NC(=NCC(=O)N1CCC(Cc2ccccc2)CC1)N1CCCCC1. The van der Waals surface area contributed by atoms with Crippen LogP contribution in [0.1, 0.15) is 37.7 Å². The van der Waals surface area contributed by atoms with Gasteiger partial charge in [-0.2, -0.15) is 0 Å². The highest BCUT2D eigenvalue weighted by Crippen LogP contribution is 2.21. The standard InChI is InChI=1S/C20H30N4O.HI/c21-20(24-11-5-2-6-12-24)22-16-19(25)23-13-9-18(10-14-23)15-17-7-3-1-4-8-17;/h1,3-4,7-8,18H,2,5-6,9-16H2,(H2,21,22);1H. The van der Waals surface area contributed by atoms with E-state index in [4.69, 9.17) is 5.73 Å². The van der Waals surface area contributed by atoms with Crippen LogP contribution in [0.4, 0.5) is 0 Å². The Hall–Kier alpha value is -1.31. The summed E-state index contributed by atoms with van der Waals surface area (Å²) in [4.78, 5) is 20.8. The van der Waals surface area contributed by atoms with Crippen LogP contribution >= 0.6 is 24.0 Å². The van der Waals surface area contributed by atoms with Crippen LogP contribution in [0.25, 0.3) is 0 Å². The van der Waals surface area contributed by atoms with Gasteiger partial charge >= 0.3 is 0 Å². The average Bonchev–Trinajstić information content (AvgIpc) is 2.68. The molecular formula is C20H31IN4O. The van der Waals surface area contributed by atoms with E-state index in [1.54, 1.807) is 0 Å². The third kappa shape index (κ3) is 6.14. The Morgan fingerprint density at radius 1 is 1.00 bits per heavy atom. The van der Waals surface area contributed by atoms with Crippen molar-refractivity contribution in [1.82, 2.24) is 9.80 Å². The molecule has 1 aromatic rings. The normalized spacial score (nSPS) is 19.2. The number of nitrogens with two attached hydrogens (primary N) is 1. The summed E-state index contributed by atoms with van der Waals surface area (Å²) >= 11 is 0. The highest BCUT2D eigenvalue weighted by molar-refractivity contribution is 14.0. The Morgan fingerprint density at radius 2 is 1.65 bits per heavy atom. The first-order chi connectivity index (χ1) is 12.2. The number of nitrogens with zero attached hydrogens (tertiary/aromatic N) is 3. The number of rotatable bonds is 4. The van der Waals surface area contributed by atoms with Crippen LogP contribution in [0.5, 0.6) is 0 Å². The smallest absolute Gasteiger partial charge is 0.244 e. The van der Waals surface area contributed by atoms with Crippen LogP contribution in [0, 0.1) is 5.92 Å². The minimum absolute atomic E-state index is 0. The quantitative estimate of drug-likeness (QED) is 0.418. The van der Waals surface area contributed by atoms with E-state index < -0.39 is 0 Å². The van der Waals surface area contributed by atoms with Gasteiger partial charge in [0.25, 0.3) is 0 Å².